The van der Waals surface area contributed by atoms with Crippen LogP contribution in [0.25, 0.3) is 23.1 Å². The van der Waals surface area contributed by atoms with Crippen LogP contribution >= 0.6 is 0 Å². The molecule has 3 aromatic carbocycles. The van der Waals surface area contributed by atoms with Crippen molar-refractivity contribution in [2.75, 3.05) is 0 Å². The van der Waals surface area contributed by atoms with E-state index in [1.165, 1.54) is 11.1 Å². The van der Waals surface area contributed by atoms with Gasteiger partial charge in [-0.05, 0) is 64.2 Å². The zero-order valence-corrected chi connectivity index (χ0v) is 18.8. The minimum atomic E-state index is 0.435. The van der Waals surface area contributed by atoms with Crippen LogP contribution in [0.15, 0.2) is 84.9 Å². The monoisotopic (exact) mass is 447 g/mol. The third kappa shape index (κ3) is 5.72. The second-order valence-electron chi connectivity index (χ2n) is 8.14. The van der Waals surface area contributed by atoms with Crippen molar-refractivity contribution in [3.63, 3.8) is 0 Å². The number of fused-ring (bicyclic) bond motifs is 1. The van der Waals surface area contributed by atoms with E-state index in [2.05, 4.69) is 80.2 Å². The Morgan fingerprint density at radius 1 is 0.794 bits per heavy atom. The van der Waals surface area contributed by atoms with Gasteiger partial charge < -0.3 is 4.74 Å². The van der Waals surface area contributed by atoms with Gasteiger partial charge >= 0.3 is 0 Å². The van der Waals surface area contributed by atoms with Crippen molar-refractivity contribution < 1.29 is 4.74 Å². The number of aromatic nitrogens is 5. The molecule has 0 bridgehead atoms. The van der Waals surface area contributed by atoms with Crippen molar-refractivity contribution in [2.45, 2.75) is 25.9 Å². The topological polar surface area (TPSA) is 76.6 Å². The number of rotatable bonds is 9. The first-order valence-electron chi connectivity index (χ1n) is 11.4. The fraction of sp³-hybridized carbons (Fsp3) is 0.143. The lowest BCUT2D eigenvalue weighted by atomic mass is 10.0. The van der Waals surface area contributed by atoms with Crippen molar-refractivity contribution in [2.24, 2.45) is 0 Å². The van der Waals surface area contributed by atoms with Crippen molar-refractivity contribution in [3.8, 4) is 5.75 Å². The molecule has 0 aliphatic rings. The van der Waals surface area contributed by atoms with E-state index in [0.29, 0.717) is 6.61 Å². The van der Waals surface area contributed by atoms with Gasteiger partial charge in [0.25, 0.3) is 0 Å². The molecule has 2 heterocycles. The molecule has 0 saturated carbocycles. The summed E-state index contributed by atoms with van der Waals surface area (Å²) in [6.07, 6.45) is 7.06. The van der Waals surface area contributed by atoms with Gasteiger partial charge in [0, 0.05) is 11.8 Å². The van der Waals surface area contributed by atoms with Crippen LogP contribution in [-0.4, -0.2) is 25.6 Å². The van der Waals surface area contributed by atoms with Crippen molar-refractivity contribution in [1.29, 1.82) is 0 Å². The Bertz CT molecular complexity index is 1400. The molecule has 0 radical (unpaired) electrons. The highest BCUT2D eigenvalue weighted by Crippen LogP contribution is 2.19. The molecule has 5 rings (SSSR count). The van der Waals surface area contributed by atoms with Gasteiger partial charge in [-0.3, -0.25) is 0 Å². The van der Waals surface area contributed by atoms with Gasteiger partial charge in [-0.1, -0.05) is 72.8 Å². The number of para-hydroxylation sites is 1. The fourth-order valence-electron chi connectivity index (χ4n) is 3.84. The van der Waals surface area contributed by atoms with Gasteiger partial charge in [-0.2, -0.15) is 0 Å². The summed E-state index contributed by atoms with van der Waals surface area (Å²) in [6, 6.07) is 28.9. The van der Waals surface area contributed by atoms with Crippen LogP contribution < -0.4 is 4.74 Å². The molecule has 0 spiro atoms. The molecule has 0 atom stereocenters. The summed E-state index contributed by atoms with van der Waals surface area (Å²) in [5.41, 5.74) is 5.46. The van der Waals surface area contributed by atoms with Gasteiger partial charge in [0.15, 0.2) is 0 Å². The van der Waals surface area contributed by atoms with Crippen LogP contribution in [0.1, 0.15) is 34.6 Å². The first-order valence-corrected chi connectivity index (χ1v) is 11.4. The fourth-order valence-corrected chi connectivity index (χ4v) is 3.84. The van der Waals surface area contributed by atoms with Crippen LogP contribution in [0.5, 0.6) is 5.75 Å². The Morgan fingerprint density at radius 3 is 2.53 bits per heavy atom. The second-order valence-corrected chi connectivity index (χ2v) is 8.14. The summed E-state index contributed by atoms with van der Waals surface area (Å²) in [4.78, 5) is 4.68. The summed E-state index contributed by atoms with van der Waals surface area (Å²) in [5, 5.41) is 15.1. The number of hydrogen-bond donors (Lipinski definition) is 1. The van der Waals surface area contributed by atoms with Gasteiger partial charge in [0.2, 0.25) is 0 Å². The molecule has 6 nitrogen and oxygen atoms in total. The predicted octanol–water partition coefficient (Wildman–Crippen LogP) is 5.67. The lowest BCUT2D eigenvalue weighted by Gasteiger charge is -2.07. The first-order chi connectivity index (χ1) is 16.8. The second kappa shape index (κ2) is 10.5. The third-order valence-corrected chi connectivity index (χ3v) is 5.59. The lowest BCUT2D eigenvalue weighted by Crippen LogP contribution is -1.98. The zero-order valence-electron chi connectivity index (χ0n) is 18.8. The number of tetrazole rings is 1. The SMILES string of the molecule is C(=Cc1cccc(OCc2ccc3ccccc3n2)c1)c1cccc(CCCc2nnn[nH]2)c1. The van der Waals surface area contributed by atoms with Crippen molar-refractivity contribution in [1.82, 2.24) is 25.6 Å². The molecule has 0 aliphatic heterocycles. The average Bonchev–Trinajstić information content (AvgIpc) is 3.40. The van der Waals surface area contributed by atoms with E-state index < -0.39 is 0 Å². The number of nitrogens with one attached hydrogen (secondary N) is 1. The van der Waals surface area contributed by atoms with E-state index in [-0.39, 0.29) is 0 Å². The van der Waals surface area contributed by atoms with Crippen LogP contribution in [0.2, 0.25) is 0 Å². The maximum Gasteiger partial charge on any atom is 0.148 e. The van der Waals surface area contributed by atoms with E-state index in [1.807, 2.05) is 42.5 Å². The van der Waals surface area contributed by atoms with E-state index in [4.69, 9.17) is 4.74 Å². The number of nitrogens with zero attached hydrogens (tertiary/aromatic N) is 4. The number of hydrogen-bond acceptors (Lipinski definition) is 5. The van der Waals surface area contributed by atoms with Gasteiger partial charge in [0.1, 0.15) is 18.2 Å². The van der Waals surface area contributed by atoms with Crippen LogP contribution in [-0.2, 0) is 19.4 Å². The van der Waals surface area contributed by atoms with Gasteiger partial charge in [-0.15, -0.1) is 5.10 Å². The number of aryl methyl sites for hydroxylation is 2. The first kappa shape index (κ1) is 21.5. The Kier molecular flexibility index (Phi) is 6.67. The normalized spacial score (nSPS) is 11.3. The van der Waals surface area contributed by atoms with Crippen LogP contribution in [0, 0.1) is 0 Å². The summed E-state index contributed by atoms with van der Waals surface area (Å²) >= 11 is 0. The number of aromatic amines is 1. The molecule has 1 N–H and O–H groups in total. The largest absolute Gasteiger partial charge is 0.487 e. The highest BCUT2D eigenvalue weighted by Gasteiger charge is 2.02. The smallest absolute Gasteiger partial charge is 0.148 e. The van der Waals surface area contributed by atoms with Crippen LogP contribution in [0.3, 0.4) is 0 Å². The summed E-state index contributed by atoms with van der Waals surface area (Å²) in [7, 11) is 0. The van der Waals surface area contributed by atoms with Crippen molar-refractivity contribution in [3.05, 3.63) is 113 Å². The predicted molar refractivity (Wildman–Crippen MR) is 134 cm³/mol. The minimum absolute atomic E-state index is 0.435. The summed E-state index contributed by atoms with van der Waals surface area (Å²) in [6.45, 7) is 0.435. The molecule has 0 aliphatic carbocycles. The molecule has 6 heteroatoms. The average molecular weight is 448 g/mol. The molecular formula is C28H25N5O. The maximum absolute atomic E-state index is 6.01. The third-order valence-electron chi connectivity index (χ3n) is 5.59. The minimum Gasteiger partial charge on any atom is -0.487 e. The molecule has 2 aromatic heterocycles. The highest BCUT2D eigenvalue weighted by molar-refractivity contribution is 5.78. The van der Waals surface area contributed by atoms with Crippen LogP contribution in [0.4, 0.5) is 0 Å². The Labute approximate surface area is 198 Å². The van der Waals surface area contributed by atoms with E-state index in [0.717, 1.165) is 53.0 Å². The summed E-state index contributed by atoms with van der Waals surface area (Å²) < 4.78 is 6.01. The van der Waals surface area contributed by atoms with E-state index in [9.17, 15) is 0 Å². The number of H-pyrrole nitrogens is 1. The maximum atomic E-state index is 6.01. The lowest BCUT2D eigenvalue weighted by molar-refractivity contribution is 0.302. The molecule has 5 aromatic rings. The Balaban J connectivity index is 1.19. The van der Waals surface area contributed by atoms with E-state index in [1.54, 1.807) is 0 Å². The molecule has 0 amide bonds. The standard InChI is InChI=1S/C28H25N5O/c1-2-12-27-24(10-1)16-17-25(29-27)20-34-26-11-4-8-23(19-26)15-14-22-7-3-6-21(18-22)9-5-13-28-30-32-33-31-28/h1-4,6-8,10-12,14-19H,5,9,13,20H2,(H,30,31,32,33). The highest BCUT2D eigenvalue weighted by atomic mass is 16.5. The summed E-state index contributed by atoms with van der Waals surface area (Å²) in [5.74, 6) is 1.65. The molecule has 168 valence electrons. The molecule has 0 fully saturated rings. The molecule has 34 heavy (non-hydrogen) atoms. The Hall–Kier alpha value is -4.32. The molecule has 0 saturated heterocycles. The molecular weight excluding hydrogens is 422 g/mol. The zero-order chi connectivity index (χ0) is 23.0. The quantitative estimate of drug-likeness (QED) is 0.295. The molecule has 0 unspecified atom stereocenters. The number of pyridine rings is 1. The number of ether oxygens (including phenoxy) is 1. The Morgan fingerprint density at radius 2 is 1.65 bits per heavy atom. The number of benzene rings is 3. The van der Waals surface area contributed by atoms with Gasteiger partial charge in [0.05, 0.1) is 11.2 Å². The van der Waals surface area contributed by atoms with Crippen molar-refractivity contribution >= 4 is 23.1 Å². The van der Waals surface area contributed by atoms with E-state index >= 15 is 0 Å². The van der Waals surface area contributed by atoms with Gasteiger partial charge in [-0.25, -0.2) is 10.1 Å².